The van der Waals surface area contributed by atoms with Crippen LogP contribution in [0.25, 0.3) is 27.5 Å². The molecular weight excluding hydrogens is 400 g/mol. The standard InChI is InChI=1S/C18H11ClN6O2S/c19-12-5-2-1-4-11(12)17-21-16(27-23-17)9-24-18(26)14-8-13(15-6-3-7-28-15)22-25(14)10-20-24/h1-8,10H,9H2. The summed E-state index contributed by atoms with van der Waals surface area (Å²) < 4.78 is 8.00. The van der Waals surface area contributed by atoms with Gasteiger partial charge in [-0.05, 0) is 29.6 Å². The van der Waals surface area contributed by atoms with Crippen LogP contribution in [0.4, 0.5) is 0 Å². The number of hydrogen-bond acceptors (Lipinski definition) is 7. The highest BCUT2D eigenvalue weighted by atomic mass is 35.5. The maximum absolute atomic E-state index is 12.8. The van der Waals surface area contributed by atoms with Crippen molar-refractivity contribution in [3.05, 3.63) is 75.4 Å². The van der Waals surface area contributed by atoms with E-state index in [1.54, 1.807) is 29.5 Å². The molecule has 0 saturated carbocycles. The number of thiophene rings is 1. The molecule has 4 heterocycles. The van der Waals surface area contributed by atoms with Gasteiger partial charge in [0.05, 0.1) is 9.90 Å². The molecule has 0 radical (unpaired) electrons. The van der Waals surface area contributed by atoms with Crippen molar-refractivity contribution in [2.75, 3.05) is 0 Å². The number of aromatic nitrogens is 6. The molecule has 0 aliphatic heterocycles. The number of halogens is 1. The summed E-state index contributed by atoms with van der Waals surface area (Å²) in [7, 11) is 0. The summed E-state index contributed by atoms with van der Waals surface area (Å²) >= 11 is 7.72. The molecule has 0 N–H and O–H groups in total. The summed E-state index contributed by atoms with van der Waals surface area (Å²) in [6.45, 7) is 0.0479. The smallest absolute Gasteiger partial charge is 0.293 e. The molecule has 5 aromatic rings. The fourth-order valence-electron chi connectivity index (χ4n) is 2.79. The van der Waals surface area contributed by atoms with E-state index in [-0.39, 0.29) is 18.0 Å². The van der Waals surface area contributed by atoms with Gasteiger partial charge in [-0.25, -0.2) is 9.20 Å². The van der Waals surface area contributed by atoms with Gasteiger partial charge in [0.2, 0.25) is 11.7 Å². The highest BCUT2D eigenvalue weighted by Crippen LogP contribution is 2.25. The predicted octanol–water partition coefficient (Wildman–Crippen LogP) is 3.37. The Morgan fingerprint density at radius 3 is 2.89 bits per heavy atom. The van der Waals surface area contributed by atoms with E-state index in [0.717, 1.165) is 10.6 Å². The monoisotopic (exact) mass is 410 g/mol. The molecule has 8 nitrogen and oxygen atoms in total. The van der Waals surface area contributed by atoms with Gasteiger partial charge in [-0.3, -0.25) is 4.79 Å². The van der Waals surface area contributed by atoms with Crippen molar-refractivity contribution < 1.29 is 4.52 Å². The lowest BCUT2D eigenvalue weighted by Gasteiger charge is -2.00. The fraction of sp³-hybridized carbons (Fsp3) is 0.0556. The minimum Gasteiger partial charge on any atom is -0.337 e. The van der Waals surface area contributed by atoms with Gasteiger partial charge < -0.3 is 4.52 Å². The van der Waals surface area contributed by atoms with Gasteiger partial charge in [0.1, 0.15) is 24.1 Å². The van der Waals surface area contributed by atoms with E-state index >= 15 is 0 Å². The first-order valence-corrected chi connectivity index (χ1v) is 9.52. The second-order valence-electron chi connectivity index (χ2n) is 5.92. The van der Waals surface area contributed by atoms with E-state index in [9.17, 15) is 4.79 Å². The summed E-state index contributed by atoms with van der Waals surface area (Å²) in [6.07, 6.45) is 1.49. The molecule has 10 heteroatoms. The first-order chi connectivity index (χ1) is 13.7. The Morgan fingerprint density at radius 1 is 1.18 bits per heavy atom. The SMILES string of the molecule is O=c1c2cc(-c3cccs3)nn2cnn1Cc1nc(-c2ccccc2Cl)no1. The zero-order valence-corrected chi connectivity index (χ0v) is 15.8. The molecule has 0 atom stereocenters. The Kier molecular flexibility index (Phi) is 4.03. The van der Waals surface area contributed by atoms with Crippen molar-refractivity contribution in [2.24, 2.45) is 0 Å². The Bertz CT molecular complexity index is 1340. The van der Waals surface area contributed by atoms with E-state index in [0.29, 0.717) is 21.9 Å². The summed E-state index contributed by atoms with van der Waals surface area (Å²) in [6, 6.07) is 12.8. The minimum absolute atomic E-state index is 0.0479. The molecule has 0 bridgehead atoms. The Labute approximate surface area is 166 Å². The number of rotatable bonds is 4. The third-order valence-corrected chi connectivity index (χ3v) is 5.35. The maximum atomic E-state index is 12.8. The van der Waals surface area contributed by atoms with Gasteiger partial charge in [0.15, 0.2) is 0 Å². The molecule has 28 heavy (non-hydrogen) atoms. The third-order valence-electron chi connectivity index (χ3n) is 4.13. The molecule has 0 aliphatic rings. The largest absolute Gasteiger partial charge is 0.337 e. The molecule has 0 amide bonds. The van der Waals surface area contributed by atoms with Crippen LogP contribution in [-0.2, 0) is 6.54 Å². The second-order valence-corrected chi connectivity index (χ2v) is 7.28. The molecule has 0 unspecified atom stereocenters. The highest BCUT2D eigenvalue weighted by molar-refractivity contribution is 7.13. The fourth-order valence-corrected chi connectivity index (χ4v) is 3.70. The van der Waals surface area contributed by atoms with Crippen molar-refractivity contribution in [3.8, 4) is 22.0 Å². The topological polar surface area (TPSA) is 91.1 Å². The van der Waals surface area contributed by atoms with E-state index in [1.807, 2.05) is 29.6 Å². The Balaban J connectivity index is 1.48. The van der Waals surface area contributed by atoms with Crippen LogP contribution in [0, 0.1) is 0 Å². The predicted molar refractivity (Wildman–Crippen MR) is 104 cm³/mol. The van der Waals surface area contributed by atoms with Crippen LogP contribution >= 0.6 is 22.9 Å². The Hall–Kier alpha value is -3.30. The molecule has 138 valence electrons. The summed E-state index contributed by atoms with van der Waals surface area (Å²) in [5.41, 5.74) is 1.51. The van der Waals surface area contributed by atoms with Crippen LogP contribution < -0.4 is 5.56 Å². The van der Waals surface area contributed by atoms with E-state index < -0.39 is 0 Å². The van der Waals surface area contributed by atoms with E-state index in [2.05, 4.69) is 20.3 Å². The molecule has 0 fully saturated rings. The van der Waals surface area contributed by atoms with Crippen molar-refractivity contribution in [1.82, 2.24) is 29.5 Å². The van der Waals surface area contributed by atoms with Gasteiger partial charge >= 0.3 is 0 Å². The van der Waals surface area contributed by atoms with Gasteiger partial charge in [0, 0.05) is 5.56 Å². The molecule has 4 aromatic heterocycles. The van der Waals surface area contributed by atoms with Gasteiger partial charge in [-0.2, -0.15) is 15.2 Å². The third kappa shape index (κ3) is 2.90. The van der Waals surface area contributed by atoms with Crippen LogP contribution in [0.5, 0.6) is 0 Å². The number of nitrogens with zero attached hydrogens (tertiary/aromatic N) is 6. The first kappa shape index (κ1) is 16.8. The summed E-state index contributed by atoms with van der Waals surface area (Å²) in [4.78, 5) is 18.1. The lowest BCUT2D eigenvalue weighted by atomic mass is 10.2. The van der Waals surface area contributed by atoms with Crippen molar-refractivity contribution in [3.63, 3.8) is 0 Å². The van der Waals surface area contributed by atoms with Crippen LogP contribution in [-0.4, -0.2) is 29.5 Å². The van der Waals surface area contributed by atoms with Crippen LogP contribution in [0.1, 0.15) is 5.89 Å². The van der Waals surface area contributed by atoms with Crippen LogP contribution in [0.2, 0.25) is 5.02 Å². The minimum atomic E-state index is -0.296. The molecule has 1 aromatic carbocycles. The second kappa shape index (κ2) is 6.70. The van der Waals surface area contributed by atoms with Crippen LogP contribution in [0.3, 0.4) is 0 Å². The van der Waals surface area contributed by atoms with Gasteiger partial charge in [-0.15, -0.1) is 11.3 Å². The van der Waals surface area contributed by atoms with Crippen LogP contribution in [0.15, 0.2) is 63.5 Å². The zero-order chi connectivity index (χ0) is 19.1. The average Bonchev–Trinajstić information content (AvgIpc) is 3.44. The molecule has 0 saturated heterocycles. The normalized spacial score (nSPS) is 11.3. The highest BCUT2D eigenvalue weighted by Gasteiger charge is 2.15. The number of hydrogen-bond donors (Lipinski definition) is 0. The molecule has 5 rings (SSSR count). The van der Waals surface area contributed by atoms with E-state index in [1.165, 1.54) is 15.5 Å². The lowest BCUT2D eigenvalue weighted by Crippen LogP contribution is -2.25. The number of benzene rings is 1. The quantitative estimate of drug-likeness (QED) is 0.451. The van der Waals surface area contributed by atoms with E-state index in [4.69, 9.17) is 16.1 Å². The van der Waals surface area contributed by atoms with Crippen molar-refractivity contribution in [1.29, 1.82) is 0 Å². The van der Waals surface area contributed by atoms with Gasteiger partial charge in [-0.1, -0.05) is 35.0 Å². The Morgan fingerprint density at radius 2 is 2.07 bits per heavy atom. The zero-order valence-electron chi connectivity index (χ0n) is 14.2. The van der Waals surface area contributed by atoms with Gasteiger partial charge in [0.25, 0.3) is 5.56 Å². The molecular formula is C18H11ClN6O2S. The molecule has 0 aliphatic carbocycles. The summed E-state index contributed by atoms with van der Waals surface area (Å²) in [5.74, 6) is 0.617. The summed E-state index contributed by atoms with van der Waals surface area (Å²) in [5, 5.41) is 15.0. The first-order valence-electron chi connectivity index (χ1n) is 8.26. The molecule has 0 spiro atoms. The number of fused-ring (bicyclic) bond motifs is 1. The maximum Gasteiger partial charge on any atom is 0.293 e. The van der Waals surface area contributed by atoms with Crippen molar-refractivity contribution >= 4 is 28.5 Å². The lowest BCUT2D eigenvalue weighted by molar-refractivity contribution is 0.362. The van der Waals surface area contributed by atoms with Crippen molar-refractivity contribution in [2.45, 2.75) is 6.54 Å². The average molecular weight is 411 g/mol.